The average molecular weight is 282 g/mol. The number of hydrogen-bond acceptors (Lipinski definition) is 6. The third kappa shape index (κ3) is 4.09. The van der Waals surface area contributed by atoms with E-state index >= 15 is 0 Å². The number of rotatable bonds is 3. The fraction of sp³-hybridized carbons (Fsp3) is 0. The van der Waals surface area contributed by atoms with Crippen molar-refractivity contribution in [3.63, 3.8) is 0 Å². The molecule has 0 atom stereocenters. The van der Waals surface area contributed by atoms with Crippen molar-refractivity contribution in [3.05, 3.63) is 55.0 Å². The second kappa shape index (κ2) is 7.32. The molecule has 0 saturated carbocycles. The van der Waals surface area contributed by atoms with Crippen LogP contribution < -0.4 is 4.74 Å². The largest absolute Gasteiger partial charge is 0.435 e. The van der Waals surface area contributed by atoms with Gasteiger partial charge in [0.05, 0.1) is 6.20 Å². The van der Waals surface area contributed by atoms with Crippen LogP contribution in [0.15, 0.2) is 55.0 Å². The molecule has 1 N–H and O–H groups in total. The molecular weight excluding hydrogens is 272 g/mol. The summed E-state index contributed by atoms with van der Waals surface area (Å²) in [4.78, 5) is 20.4. The molecular formula is C14H10N4O3. The molecule has 0 aliphatic heterocycles. The van der Waals surface area contributed by atoms with E-state index in [9.17, 15) is 0 Å². The quantitative estimate of drug-likeness (QED) is 0.789. The van der Waals surface area contributed by atoms with E-state index in [-0.39, 0.29) is 6.15 Å². The van der Waals surface area contributed by atoms with E-state index in [0.717, 1.165) is 11.1 Å². The summed E-state index contributed by atoms with van der Waals surface area (Å²) in [5, 5.41) is 10.00. The number of aromatic amines is 1. The van der Waals surface area contributed by atoms with Gasteiger partial charge in [-0.25, -0.2) is 0 Å². The molecule has 0 unspecified atom stereocenters. The average Bonchev–Trinajstić information content (AvgIpc) is 3.02. The highest BCUT2D eigenvalue weighted by atomic mass is 16.5. The summed E-state index contributed by atoms with van der Waals surface area (Å²) in [6.45, 7) is 0. The Bertz CT molecular complexity index is 708. The van der Waals surface area contributed by atoms with E-state index in [1.54, 1.807) is 12.4 Å². The molecule has 1 aromatic carbocycles. The van der Waals surface area contributed by atoms with Gasteiger partial charge in [0.1, 0.15) is 11.9 Å². The molecule has 21 heavy (non-hydrogen) atoms. The molecule has 3 aromatic rings. The van der Waals surface area contributed by atoms with Crippen molar-refractivity contribution < 1.29 is 14.3 Å². The highest BCUT2D eigenvalue weighted by Gasteiger charge is 2.03. The first-order valence-corrected chi connectivity index (χ1v) is 5.87. The molecule has 2 aromatic heterocycles. The third-order valence-electron chi connectivity index (χ3n) is 2.44. The number of benzene rings is 1. The number of nitrogens with zero attached hydrogens (tertiary/aromatic N) is 3. The molecule has 0 bridgehead atoms. The van der Waals surface area contributed by atoms with Crippen LogP contribution in [-0.2, 0) is 9.59 Å². The van der Waals surface area contributed by atoms with Gasteiger partial charge < -0.3 is 4.74 Å². The van der Waals surface area contributed by atoms with Gasteiger partial charge in [0, 0.05) is 11.8 Å². The van der Waals surface area contributed by atoms with Gasteiger partial charge in [0.25, 0.3) is 5.88 Å². The molecule has 7 heteroatoms. The van der Waals surface area contributed by atoms with Crippen molar-refractivity contribution in [3.8, 4) is 22.8 Å². The normalized spacial score (nSPS) is 9.14. The Kier molecular flexibility index (Phi) is 4.92. The van der Waals surface area contributed by atoms with Crippen LogP contribution in [0, 0.1) is 0 Å². The highest BCUT2D eigenvalue weighted by molar-refractivity contribution is 5.63. The van der Waals surface area contributed by atoms with Crippen LogP contribution in [0.3, 0.4) is 0 Å². The number of aromatic nitrogens is 4. The summed E-state index contributed by atoms with van der Waals surface area (Å²) in [6, 6.07) is 11.9. The molecule has 0 aliphatic rings. The molecule has 7 nitrogen and oxygen atoms in total. The minimum absolute atomic E-state index is 0.250. The van der Waals surface area contributed by atoms with E-state index in [0.29, 0.717) is 11.6 Å². The Morgan fingerprint density at radius 1 is 1.00 bits per heavy atom. The monoisotopic (exact) mass is 282 g/mol. The van der Waals surface area contributed by atoms with Crippen LogP contribution in [0.1, 0.15) is 0 Å². The molecule has 0 radical (unpaired) electrons. The molecule has 104 valence electrons. The van der Waals surface area contributed by atoms with Crippen molar-refractivity contribution in [1.82, 2.24) is 20.4 Å². The Hall–Kier alpha value is -3.31. The first-order chi connectivity index (χ1) is 10.3. The number of hydrogen-bond donors (Lipinski definition) is 1. The Morgan fingerprint density at radius 2 is 1.76 bits per heavy atom. The summed E-state index contributed by atoms with van der Waals surface area (Å²) >= 11 is 0. The molecule has 0 saturated heterocycles. The predicted molar refractivity (Wildman–Crippen MR) is 71.1 cm³/mol. The second-order valence-corrected chi connectivity index (χ2v) is 3.77. The zero-order chi connectivity index (χ0) is 14.9. The number of ether oxygens (including phenoxy) is 1. The standard InChI is InChI=1S/C13H10N4O.CO2/c1-2-4-10(5-3-1)11-6-12(8-14-7-11)18-13-9-15-17-16-13;2-1-3/h1-9H,(H,15,16,17);. The van der Waals surface area contributed by atoms with E-state index in [2.05, 4.69) is 20.4 Å². The van der Waals surface area contributed by atoms with Gasteiger partial charge in [-0.1, -0.05) is 30.3 Å². The lowest BCUT2D eigenvalue weighted by molar-refractivity contribution is -0.191. The maximum atomic E-state index is 8.12. The van der Waals surface area contributed by atoms with Crippen molar-refractivity contribution in [2.45, 2.75) is 0 Å². The Balaban J connectivity index is 0.000000497. The van der Waals surface area contributed by atoms with Crippen LogP contribution in [0.4, 0.5) is 0 Å². The number of nitrogens with one attached hydrogen (secondary N) is 1. The maximum Gasteiger partial charge on any atom is 0.373 e. The summed E-state index contributed by atoms with van der Waals surface area (Å²) < 4.78 is 5.51. The van der Waals surface area contributed by atoms with Gasteiger partial charge in [-0.15, -0.1) is 5.10 Å². The van der Waals surface area contributed by atoms with E-state index in [1.807, 2.05) is 36.4 Å². The number of carbonyl (C=O) groups excluding carboxylic acids is 2. The number of pyridine rings is 1. The lowest BCUT2D eigenvalue weighted by atomic mass is 10.1. The van der Waals surface area contributed by atoms with Gasteiger partial charge in [0.15, 0.2) is 0 Å². The van der Waals surface area contributed by atoms with Gasteiger partial charge in [-0.05, 0) is 11.6 Å². The van der Waals surface area contributed by atoms with Crippen molar-refractivity contribution in [1.29, 1.82) is 0 Å². The lowest BCUT2D eigenvalue weighted by Gasteiger charge is -2.04. The van der Waals surface area contributed by atoms with Crippen molar-refractivity contribution in [2.75, 3.05) is 0 Å². The summed E-state index contributed by atoms with van der Waals surface area (Å²) in [7, 11) is 0. The zero-order valence-electron chi connectivity index (χ0n) is 10.8. The Labute approximate surface area is 119 Å². The van der Waals surface area contributed by atoms with Crippen LogP contribution in [0.25, 0.3) is 11.1 Å². The summed E-state index contributed by atoms with van der Waals surface area (Å²) in [6.07, 6.45) is 5.20. The van der Waals surface area contributed by atoms with E-state index in [1.165, 1.54) is 6.20 Å². The van der Waals surface area contributed by atoms with Crippen LogP contribution in [-0.4, -0.2) is 26.5 Å². The highest BCUT2D eigenvalue weighted by Crippen LogP contribution is 2.24. The van der Waals surface area contributed by atoms with Gasteiger partial charge in [-0.2, -0.15) is 19.9 Å². The fourth-order valence-corrected chi connectivity index (χ4v) is 1.62. The van der Waals surface area contributed by atoms with E-state index in [4.69, 9.17) is 14.3 Å². The minimum atomic E-state index is 0.250. The van der Waals surface area contributed by atoms with Crippen LogP contribution >= 0.6 is 0 Å². The topological polar surface area (TPSA) is 97.8 Å². The molecule has 0 aliphatic carbocycles. The second-order valence-electron chi connectivity index (χ2n) is 3.77. The fourth-order valence-electron chi connectivity index (χ4n) is 1.62. The summed E-state index contributed by atoms with van der Waals surface area (Å²) in [5.74, 6) is 1.05. The summed E-state index contributed by atoms with van der Waals surface area (Å²) in [5.41, 5.74) is 2.09. The van der Waals surface area contributed by atoms with Gasteiger partial charge >= 0.3 is 6.15 Å². The Morgan fingerprint density at radius 3 is 2.43 bits per heavy atom. The first kappa shape index (κ1) is 14.1. The SMILES string of the molecule is O=C=O.c1ccc(-c2cncc(Oc3cn[nH]n3)c2)cc1. The molecule has 0 amide bonds. The minimum Gasteiger partial charge on any atom is -0.435 e. The lowest BCUT2D eigenvalue weighted by Crippen LogP contribution is -1.87. The van der Waals surface area contributed by atoms with Crippen molar-refractivity contribution in [2.24, 2.45) is 0 Å². The predicted octanol–water partition coefficient (Wildman–Crippen LogP) is 2.08. The maximum absolute atomic E-state index is 8.12. The van der Waals surface area contributed by atoms with Crippen molar-refractivity contribution >= 4 is 6.15 Å². The van der Waals surface area contributed by atoms with Crippen LogP contribution in [0.5, 0.6) is 11.6 Å². The first-order valence-electron chi connectivity index (χ1n) is 5.87. The molecule has 2 heterocycles. The molecule has 3 rings (SSSR count). The molecule has 0 spiro atoms. The van der Waals surface area contributed by atoms with Crippen LogP contribution in [0.2, 0.25) is 0 Å². The van der Waals surface area contributed by atoms with Gasteiger partial charge in [-0.3, -0.25) is 4.98 Å². The third-order valence-corrected chi connectivity index (χ3v) is 2.44. The van der Waals surface area contributed by atoms with E-state index < -0.39 is 0 Å². The van der Waals surface area contributed by atoms with Gasteiger partial charge in [0.2, 0.25) is 0 Å². The number of H-pyrrole nitrogens is 1. The smallest absolute Gasteiger partial charge is 0.373 e. The zero-order valence-corrected chi connectivity index (χ0v) is 10.8. The molecule has 0 fully saturated rings.